The maximum atomic E-state index is 12.8. The normalized spacial score (nSPS) is 19.2. The highest BCUT2D eigenvalue weighted by Crippen LogP contribution is 2.35. The number of phenolic OH excluding ortho intramolecular Hbond substituents is 1. The van der Waals surface area contributed by atoms with Crippen LogP contribution in [0.15, 0.2) is 109 Å². The van der Waals surface area contributed by atoms with E-state index < -0.39 is 64.4 Å². The Labute approximate surface area is 415 Å². The molecule has 17 nitrogen and oxygen atoms in total. The summed E-state index contributed by atoms with van der Waals surface area (Å²) in [4.78, 5) is 72.9. The number of benzene rings is 4. The molecule has 17 heteroatoms. The number of ether oxygens (including phenoxy) is 7. The lowest BCUT2D eigenvalue weighted by molar-refractivity contribution is -0.152. The maximum Gasteiger partial charge on any atom is 0.408 e. The molecule has 2 aliphatic rings. The zero-order valence-electron chi connectivity index (χ0n) is 41.8. The van der Waals surface area contributed by atoms with Crippen LogP contribution in [0, 0.1) is 0 Å². The Hall–Kier alpha value is -7.14. The van der Waals surface area contributed by atoms with Gasteiger partial charge in [-0.05, 0) is 141 Å². The van der Waals surface area contributed by atoms with Crippen LogP contribution in [0.25, 0.3) is 0 Å². The molecule has 0 bridgehead atoms. The number of aliphatic hydroxyl groups excluding tert-OH is 1. The second-order valence-corrected chi connectivity index (χ2v) is 18.9. The molecule has 2 fully saturated rings. The molecule has 2 amide bonds. The predicted molar refractivity (Wildman–Crippen MR) is 261 cm³/mol. The molecule has 4 atom stereocenters. The average Bonchev–Trinajstić information content (AvgIpc) is 3.91. The lowest BCUT2D eigenvalue weighted by atomic mass is 9.98. The number of esters is 4. The molecule has 4 aromatic carbocycles. The number of phenols is 1. The lowest BCUT2D eigenvalue weighted by Gasteiger charge is -2.29. The third-order valence-electron chi connectivity index (χ3n) is 10.7. The van der Waals surface area contributed by atoms with Crippen molar-refractivity contribution >= 4 is 36.1 Å². The van der Waals surface area contributed by atoms with E-state index in [0.29, 0.717) is 42.6 Å². The van der Waals surface area contributed by atoms with Crippen LogP contribution in [0.4, 0.5) is 9.59 Å². The van der Waals surface area contributed by atoms with E-state index in [4.69, 9.17) is 38.3 Å². The number of amides is 2. The molecule has 0 spiro atoms. The van der Waals surface area contributed by atoms with Gasteiger partial charge in [0.15, 0.2) is 0 Å². The summed E-state index contributed by atoms with van der Waals surface area (Å²) in [5.41, 5.74) is -1.03. The second-order valence-electron chi connectivity index (χ2n) is 18.9. The van der Waals surface area contributed by atoms with Crippen molar-refractivity contribution in [2.45, 2.75) is 142 Å². The van der Waals surface area contributed by atoms with Crippen molar-refractivity contribution in [3.8, 4) is 11.5 Å². The Balaban J connectivity index is 0.000000256. The van der Waals surface area contributed by atoms with Gasteiger partial charge in [-0.3, -0.25) is 0 Å². The summed E-state index contributed by atoms with van der Waals surface area (Å²) < 4.78 is 37.3. The number of carbonyl (C=O) groups is 6. The number of carbonyl (C=O) groups excluding carboxylic acids is 6. The molecule has 0 heterocycles. The molecule has 0 aromatic heterocycles. The van der Waals surface area contributed by atoms with Gasteiger partial charge in [-0.15, -0.1) is 0 Å². The summed E-state index contributed by atoms with van der Waals surface area (Å²) >= 11 is 0. The molecule has 2 aliphatic carbocycles. The van der Waals surface area contributed by atoms with Gasteiger partial charge in [0.05, 0.1) is 30.4 Å². The van der Waals surface area contributed by atoms with Gasteiger partial charge >= 0.3 is 36.1 Å². The Morgan fingerprint density at radius 2 is 0.972 bits per heavy atom. The molecule has 4 aromatic rings. The van der Waals surface area contributed by atoms with Crippen LogP contribution in [0.5, 0.6) is 11.5 Å². The van der Waals surface area contributed by atoms with Crippen LogP contribution in [-0.2, 0) is 51.2 Å². The standard InChI is InChI=1S/C27H33NO7.C14H12O3.C13H23NO5/c1-5-32-24(30)27(28-25(31)35-26(2,3)4)16-15-22(17-27)34-21-13-11-20(12-14-21)23(29)33-18-19-9-7-6-8-10-19;15-13-8-6-12(7-9-13)14(16)17-10-11-4-2-1-3-5-11;1-5-18-10(16)13(7-6-9(15)8-13)14-11(17)19-12(2,3)4/h6-14,22H,5,15-18H2,1-4H3,(H,28,31);1-9,15H,10H2;9,15H,5-8H2,1-4H3,(H,14,17). The SMILES string of the molecule is CCOC(=O)C1(NC(=O)OC(C)(C)C)CCC(O)C1.CCOC(=O)C1(NC(=O)OC(C)(C)C)CCC(Oc2ccc(C(=O)OCc3ccccc3)cc2)C1.O=C(OCc1ccccc1)c1ccc(O)cc1. The first-order valence-corrected chi connectivity index (χ1v) is 23.6. The second kappa shape index (κ2) is 26.2. The van der Waals surface area contributed by atoms with E-state index in [9.17, 15) is 33.9 Å². The topological polar surface area (TPSA) is 232 Å². The van der Waals surface area contributed by atoms with E-state index >= 15 is 0 Å². The van der Waals surface area contributed by atoms with Gasteiger partial charge in [-0.25, -0.2) is 28.8 Å². The van der Waals surface area contributed by atoms with Crippen molar-refractivity contribution in [3.05, 3.63) is 131 Å². The van der Waals surface area contributed by atoms with Gasteiger partial charge in [-0.1, -0.05) is 60.7 Å². The Bertz CT molecular complexity index is 2350. The smallest absolute Gasteiger partial charge is 0.408 e. The number of aromatic hydroxyl groups is 1. The van der Waals surface area contributed by atoms with Crippen molar-refractivity contribution in [2.75, 3.05) is 13.2 Å². The Morgan fingerprint density at radius 3 is 1.37 bits per heavy atom. The van der Waals surface area contributed by atoms with E-state index in [2.05, 4.69) is 10.6 Å². The summed E-state index contributed by atoms with van der Waals surface area (Å²) in [5, 5.41) is 24.0. The largest absolute Gasteiger partial charge is 0.508 e. The minimum atomic E-state index is -1.22. The average molecular weight is 985 g/mol. The highest BCUT2D eigenvalue weighted by Gasteiger charge is 2.50. The number of nitrogens with one attached hydrogen (secondary N) is 2. The summed E-state index contributed by atoms with van der Waals surface area (Å²) in [5.74, 6) is -1.17. The highest BCUT2D eigenvalue weighted by atomic mass is 16.6. The molecule has 4 unspecified atom stereocenters. The quantitative estimate of drug-likeness (QED) is 0.0682. The fourth-order valence-electron chi connectivity index (χ4n) is 7.43. The molecule has 0 radical (unpaired) electrons. The number of hydrogen-bond donors (Lipinski definition) is 4. The first-order valence-electron chi connectivity index (χ1n) is 23.6. The minimum Gasteiger partial charge on any atom is -0.508 e. The maximum absolute atomic E-state index is 12.8. The lowest BCUT2D eigenvalue weighted by Crippen LogP contribution is -2.55. The zero-order valence-corrected chi connectivity index (χ0v) is 41.8. The monoisotopic (exact) mass is 984 g/mol. The van der Waals surface area contributed by atoms with Crippen LogP contribution in [0.1, 0.15) is 126 Å². The third-order valence-corrected chi connectivity index (χ3v) is 10.7. The number of hydrogen-bond acceptors (Lipinski definition) is 15. The van der Waals surface area contributed by atoms with E-state index in [1.807, 2.05) is 60.7 Å². The van der Waals surface area contributed by atoms with Gasteiger partial charge in [0.25, 0.3) is 0 Å². The predicted octanol–water partition coefficient (Wildman–Crippen LogP) is 8.91. The van der Waals surface area contributed by atoms with Crippen molar-refractivity contribution in [2.24, 2.45) is 0 Å². The first-order chi connectivity index (χ1) is 33.5. The summed E-state index contributed by atoms with van der Waals surface area (Å²) in [6.45, 7) is 14.8. The fourth-order valence-corrected chi connectivity index (χ4v) is 7.43. The van der Waals surface area contributed by atoms with E-state index in [-0.39, 0.29) is 51.1 Å². The molecule has 71 heavy (non-hydrogen) atoms. The molecule has 4 N–H and O–H groups in total. The van der Waals surface area contributed by atoms with Crippen molar-refractivity contribution in [1.29, 1.82) is 0 Å². The summed E-state index contributed by atoms with van der Waals surface area (Å²) in [7, 11) is 0. The fraction of sp³-hybridized carbons (Fsp3) is 0.444. The summed E-state index contributed by atoms with van der Waals surface area (Å²) in [6, 6.07) is 31.5. The van der Waals surface area contributed by atoms with Crippen LogP contribution >= 0.6 is 0 Å². The third kappa shape index (κ3) is 18.9. The van der Waals surface area contributed by atoms with E-state index in [1.54, 1.807) is 79.7 Å². The van der Waals surface area contributed by atoms with Crippen LogP contribution < -0.4 is 15.4 Å². The molecule has 2 saturated carbocycles. The van der Waals surface area contributed by atoms with E-state index in [1.165, 1.54) is 24.3 Å². The minimum absolute atomic E-state index is 0.129. The molecule has 0 saturated heterocycles. The van der Waals surface area contributed by atoms with Crippen LogP contribution in [0.3, 0.4) is 0 Å². The Morgan fingerprint density at radius 1 is 0.563 bits per heavy atom. The van der Waals surface area contributed by atoms with Gasteiger partial charge in [0, 0.05) is 12.8 Å². The summed E-state index contributed by atoms with van der Waals surface area (Å²) in [6.07, 6.45) is -0.184. The van der Waals surface area contributed by atoms with Crippen LogP contribution in [-0.4, -0.2) is 94.0 Å². The number of rotatable bonds is 14. The molecule has 0 aliphatic heterocycles. The van der Waals surface area contributed by atoms with Crippen molar-refractivity contribution < 1.29 is 72.1 Å². The van der Waals surface area contributed by atoms with Crippen LogP contribution in [0.2, 0.25) is 0 Å². The van der Waals surface area contributed by atoms with Gasteiger partial charge in [0.2, 0.25) is 0 Å². The van der Waals surface area contributed by atoms with Gasteiger partial charge in [0.1, 0.15) is 53.1 Å². The highest BCUT2D eigenvalue weighted by molar-refractivity contribution is 5.90. The number of aliphatic hydroxyl groups is 1. The zero-order chi connectivity index (χ0) is 52.2. The van der Waals surface area contributed by atoms with E-state index in [0.717, 1.165) is 11.1 Å². The van der Waals surface area contributed by atoms with Gasteiger partial charge in [-0.2, -0.15) is 0 Å². The molecule has 384 valence electrons. The Kier molecular flexibility index (Phi) is 20.8. The van der Waals surface area contributed by atoms with Crippen molar-refractivity contribution in [3.63, 3.8) is 0 Å². The molecule has 6 rings (SSSR count). The number of alkyl carbamates (subject to hydrolysis) is 2. The van der Waals surface area contributed by atoms with Gasteiger partial charge < -0.3 is 54.0 Å². The molecular weight excluding hydrogens is 917 g/mol. The van der Waals surface area contributed by atoms with Crippen molar-refractivity contribution in [1.82, 2.24) is 10.6 Å². The first kappa shape index (κ1) is 56.4. The molecular formula is C54H68N2O15.